The van der Waals surface area contributed by atoms with Gasteiger partial charge in [0, 0.05) is 43.0 Å². The first-order chi connectivity index (χ1) is 15.0. The number of likely N-dealkylation sites (N-methyl/N-ethyl adjacent to an activating group) is 1. The van der Waals surface area contributed by atoms with E-state index in [1.165, 1.54) is 11.8 Å². The summed E-state index contributed by atoms with van der Waals surface area (Å²) in [5, 5.41) is 2.81. The number of carbonyl (C=O) groups excluding carboxylic acids is 3. The zero-order valence-corrected chi connectivity index (χ0v) is 17.6. The van der Waals surface area contributed by atoms with Gasteiger partial charge >= 0.3 is 0 Å². The van der Waals surface area contributed by atoms with Crippen molar-refractivity contribution < 1.29 is 23.9 Å². The maximum Gasteiger partial charge on any atom is 0.254 e. The molecular weight excluding hydrogens is 398 g/mol. The zero-order chi connectivity index (χ0) is 22.0. The van der Waals surface area contributed by atoms with Gasteiger partial charge in [-0.2, -0.15) is 0 Å². The summed E-state index contributed by atoms with van der Waals surface area (Å²) in [5.41, 5.74) is 2.92. The highest BCUT2D eigenvalue weighted by Gasteiger charge is 2.25. The molecule has 2 aliphatic heterocycles. The van der Waals surface area contributed by atoms with Crippen molar-refractivity contribution in [1.82, 2.24) is 4.90 Å². The number of nitrogens with one attached hydrogen (secondary N) is 1. The topological polar surface area (TPSA) is 88.2 Å². The third-order valence-electron chi connectivity index (χ3n) is 5.43. The van der Waals surface area contributed by atoms with Crippen LogP contribution >= 0.6 is 0 Å². The van der Waals surface area contributed by atoms with Crippen molar-refractivity contribution in [3.05, 3.63) is 47.5 Å². The van der Waals surface area contributed by atoms with Crippen LogP contribution in [0.4, 0.5) is 11.4 Å². The number of hydrogen-bond donors (Lipinski definition) is 1. The van der Waals surface area contributed by atoms with Crippen LogP contribution in [0.1, 0.15) is 29.8 Å². The lowest BCUT2D eigenvalue weighted by Gasteiger charge is -2.22. The summed E-state index contributed by atoms with van der Waals surface area (Å²) in [6.07, 6.45) is 0.715. The van der Waals surface area contributed by atoms with Crippen molar-refractivity contribution in [2.75, 3.05) is 43.1 Å². The second kappa shape index (κ2) is 8.67. The molecule has 0 bridgehead atoms. The summed E-state index contributed by atoms with van der Waals surface area (Å²) >= 11 is 0. The average Bonchev–Trinajstić information content (AvgIpc) is 3.20. The fraction of sp³-hybridized carbons (Fsp3) is 0.348. The third kappa shape index (κ3) is 4.33. The molecule has 8 nitrogen and oxygen atoms in total. The van der Waals surface area contributed by atoms with E-state index in [1.807, 2.05) is 13.0 Å². The third-order valence-corrected chi connectivity index (χ3v) is 5.43. The SMILES string of the molecule is CCN(CC(=O)Nc1ccc2c(c1)OCCO2)C(=O)c1ccc2c(c1)CCN2C(C)=O. The molecule has 0 saturated carbocycles. The minimum Gasteiger partial charge on any atom is -0.486 e. The number of nitrogens with zero attached hydrogens (tertiary/aromatic N) is 2. The van der Waals surface area contributed by atoms with Gasteiger partial charge in [-0.05, 0) is 49.2 Å². The van der Waals surface area contributed by atoms with Crippen LogP contribution in [0, 0.1) is 0 Å². The van der Waals surface area contributed by atoms with Crippen LogP contribution in [-0.4, -0.2) is 55.5 Å². The van der Waals surface area contributed by atoms with E-state index in [0.29, 0.717) is 55.5 Å². The molecule has 0 saturated heterocycles. The highest BCUT2D eigenvalue weighted by atomic mass is 16.6. The van der Waals surface area contributed by atoms with Crippen LogP contribution in [0.2, 0.25) is 0 Å². The predicted molar refractivity (Wildman–Crippen MR) is 116 cm³/mol. The Balaban J connectivity index is 1.42. The maximum absolute atomic E-state index is 13.0. The van der Waals surface area contributed by atoms with E-state index < -0.39 is 0 Å². The monoisotopic (exact) mass is 423 g/mol. The minimum atomic E-state index is -0.296. The molecule has 0 spiro atoms. The lowest BCUT2D eigenvalue weighted by atomic mass is 10.1. The standard InChI is InChI=1S/C23H25N3O5/c1-3-25(14-22(28)24-18-5-7-20-21(13-18)31-11-10-30-20)23(29)17-4-6-19-16(12-17)8-9-26(19)15(2)27/h4-7,12-13H,3,8-11,14H2,1-2H3,(H,24,28). The van der Waals surface area contributed by atoms with Crippen LogP contribution in [0.15, 0.2) is 36.4 Å². The highest BCUT2D eigenvalue weighted by molar-refractivity contribution is 6.01. The van der Waals surface area contributed by atoms with Gasteiger partial charge in [0.25, 0.3) is 5.91 Å². The Labute approximate surface area is 180 Å². The van der Waals surface area contributed by atoms with Gasteiger partial charge in [-0.25, -0.2) is 0 Å². The predicted octanol–water partition coefficient (Wildman–Crippen LogP) is 2.47. The molecule has 0 fully saturated rings. The van der Waals surface area contributed by atoms with Crippen molar-refractivity contribution >= 4 is 29.1 Å². The van der Waals surface area contributed by atoms with Gasteiger partial charge in [0.2, 0.25) is 11.8 Å². The molecule has 3 amide bonds. The summed E-state index contributed by atoms with van der Waals surface area (Å²) in [7, 11) is 0. The summed E-state index contributed by atoms with van der Waals surface area (Å²) in [4.78, 5) is 40.5. The maximum atomic E-state index is 13.0. The van der Waals surface area contributed by atoms with E-state index in [1.54, 1.807) is 35.2 Å². The Morgan fingerprint density at radius 1 is 1.06 bits per heavy atom. The summed E-state index contributed by atoms with van der Waals surface area (Å²) in [6, 6.07) is 10.5. The van der Waals surface area contributed by atoms with Gasteiger partial charge in [0.1, 0.15) is 19.8 Å². The van der Waals surface area contributed by atoms with Crippen molar-refractivity contribution in [2.45, 2.75) is 20.3 Å². The van der Waals surface area contributed by atoms with Crippen LogP contribution in [-0.2, 0) is 16.0 Å². The number of carbonyl (C=O) groups is 3. The molecule has 0 unspecified atom stereocenters. The molecule has 8 heteroatoms. The smallest absolute Gasteiger partial charge is 0.254 e. The molecule has 0 atom stereocenters. The Morgan fingerprint density at radius 2 is 1.84 bits per heavy atom. The van der Waals surface area contributed by atoms with Crippen LogP contribution in [0.5, 0.6) is 11.5 Å². The van der Waals surface area contributed by atoms with E-state index in [-0.39, 0.29) is 24.3 Å². The molecular formula is C23H25N3O5. The van der Waals surface area contributed by atoms with Crippen LogP contribution in [0.25, 0.3) is 0 Å². The summed E-state index contributed by atoms with van der Waals surface area (Å²) < 4.78 is 11.0. The Morgan fingerprint density at radius 3 is 2.58 bits per heavy atom. The molecule has 162 valence electrons. The van der Waals surface area contributed by atoms with E-state index in [2.05, 4.69) is 5.32 Å². The van der Waals surface area contributed by atoms with Crippen LogP contribution in [0.3, 0.4) is 0 Å². The number of fused-ring (bicyclic) bond motifs is 2. The molecule has 2 aromatic carbocycles. The number of benzene rings is 2. The van der Waals surface area contributed by atoms with Gasteiger partial charge < -0.3 is 24.6 Å². The molecule has 2 aromatic rings. The van der Waals surface area contributed by atoms with E-state index in [0.717, 1.165) is 11.3 Å². The first-order valence-electron chi connectivity index (χ1n) is 10.4. The highest BCUT2D eigenvalue weighted by Crippen LogP contribution is 2.32. The molecule has 0 aliphatic carbocycles. The van der Waals surface area contributed by atoms with E-state index >= 15 is 0 Å². The number of ether oxygens (including phenoxy) is 2. The molecule has 1 N–H and O–H groups in total. The molecule has 0 radical (unpaired) electrons. The van der Waals surface area contributed by atoms with Gasteiger partial charge in [-0.1, -0.05) is 0 Å². The number of anilines is 2. The molecule has 4 rings (SSSR count). The molecule has 31 heavy (non-hydrogen) atoms. The van der Waals surface area contributed by atoms with Gasteiger partial charge in [-0.15, -0.1) is 0 Å². The normalized spacial score (nSPS) is 14.1. The second-order valence-electron chi connectivity index (χ2n) is 7.49. The fourth-order valence-electron chi connectivity index (χ4n) is 3.87. The van der Waals surface area contributed by atoms with Gasteiger partial charge in [0.05, 0.1) is 0 Å². The lowest BCUT2D eigenvalue weighted by molar-refractivity contribution is -0.117. The van der Waals surface area contributed by atoms with Crippen molar-refractivity contribution in [2.24, 2.45) is 0 Å². The Hall–Kier alpha value is -3.55. The Kier molecular flexibility index (Phi) is 5.79. The zero-order valence-electron chi connectivity index (χ0n) is 17.6. The van der Waals surface area contributed by atoms with Crippen LogP contribution < -0.4 is 19.7 Å². The van der Waals surface area contributed by atoms with E-state index in [9.17, 15) is 14.4 Å². The van der Waals surface area contributed by atoms with E-state index in [4.69, 9.17) is 9.47 Å². The Bertz CT molecular complexity index is 1040. The summed E-state index contributed by atoms with van der Waals surface area (Å²) in [6.45, 7) is 5.28. The first kappa shape index (κ1) is 20.7. The van der Waals surface area contributed by atoms with Crippen molar-refractivity contribution in [1.29, 1.82) is 0 Å². The van der Waals surface area contributed by atoms with Gasteiger partial charge in [0.15, 0.2) is 11.5 Å². The number of rotatable bonds is 5. The minimum absolute atomic E-state index is 0.0103. The fourth-order valence-corrected chi connectivity index (χ4v) is 3.87. The largest absolute Gasteiger partial charge is 0.486 e. The van der Waals surface area contributed by atoms with Crippen molar-refractivity contribution in [3.8, 4) is 11.5 Å². The number of amides is 3. The second-order valence-corrected chi connectivity index (χ2v) is 7.49. The van der Waals surface area contributed by atoms with Crippen molar-refractivity contribution in [3.63, 3.8) is 0 Å². The first-order valence-corrected chi connectivity index (χ1v) is 10.4. The molecule has 2 heterocycles. The lowest BCUT2D eigenvalue weighted by Crippen LogP contribution is -2.38. The summed E-state index contributed by atoms with van der Waals surface area (Å²) in [5.74, 6) is 0.711. The number of hydrogen-bond acceptors (Lipinski definition) is 5. The molecule has 0 aromatic heterocycles. The quantitative estimate of drug-likeness (QED) is 0.798. The average molecular weight is 423 g/mol. The van der Waals surface area contributed by atoms with Gasteiger partial charge in [-0.3, -0.25) is 14.4 Å². The molecule has 2 aliphatic rings.